The Balaban J connectivity index is 2.73. The highest BCUT2D eigenvalue weighted by molar-refractivity contribution is 7.99. The zero-order valence-corrected chi connectivity index (χ0v) is 10.6. The second kappa shape index (κ2) is 4.79. The fourth-order valence-electron chi connectivity index (χ4n) is 1.19. The molecule has 0 spiro atoms. The molecule has 2 nitrogen and oxygen atoms in total. The molecule has 84 valence electrons. The summed E-state index contributed by atoms with van der Waals surface area (Å²) in [4.78, 5) is 0. The average Bonchev–Trinajstić information content (AvgIpc) is 2.13. The Morgan fingerprint density at radius 3 is 2.47 bits per heavy atom. The molecule has 1 aromatic carbocycles. The van der Waals surface area contributed by atoms with Gasteiger partial charge in [-0.3, -0.25) is 0 Å². The minimum absolute atomic E-state index is 0.276. The molecule has 0 aromatic heterocycles. The van der Waals surface area contributed by atoms with Crippen LogP contribution in [0.2, 0.25) is 0 Å². The maximum Gasteiger partial charge on any atom is 0.121 e. The summed E-state index contributed by atoms with van der Waals surface area (Å²) in [5.74, 6) is 1.80. The van der Waals surface area contributed by atoms with Crippen molar-refractivity contribution in [3.8, 4) is 5.75 Å². The maximum absolute atomic E-state index is 5.79. The van der Waals surface area contributed by atoms with E-state index in [0.717, 1.165) is 17.2 Å². The highest BCUT2D eigenvalue weighted by Crippen LogP contribution is 2.29. The van der Waals surface area contributed by atoms with Crippen LogP contribution in [0.5, 0.6) is 5.75 Å². The molecule has 0 radical (unpaired) electrons. The molecule has 0 heterocycles. The van der Waals surface area contributed by atoms with Crippen molar-refractivity contribution in [2.75, 3.05) is 12.8 Å². The van der Waals surface area contributed by atoms with E-state index >= 15 is 0 Å². The van der Waals surface area contributed by atoms with Crippen LogP contribution in [0.4, 0.5) is 5.69 Å². The van der Waals surface area contributed by atoms with Gasteiger partial charge in [0.15, 0.2) is 0 Å². The molecule has 1 aromatic rings. The molecular formula is C12H19NOS. The zero-order valence-electron chi connectivity index (χ0n) is 9.83. The Morgan fingerprint density at radius 2 is 1.93 bits per heavy atom. The van der Waals surface area contributed by atoms with Gasteiger partial charge in [-0.15, -0.1) is 0 Å². The number of methoxy groups -OCH3 is 1. The van der Waals surface area contributed by atoms with Gasteiger partial charge in [-0.2, -0.15) is 11.8 Å². The Hall–Kier alpha value is -0.830. The lowest BCUT2D eigenvalue weighted by Gasteiger charge is -2.17. The van der Waals surface area contributed by atoms with Crippen LogP contribution < -0.4 is 10.5 Å². The molecule has 0 aliphatic rings. The highest BCUT2D eigenvalue weighted by atomic mass is 32.2. The topological polar surface area (TPSA) is 35.2 Å². The molecule has 2 N–H and O–H groups in total. The number of benzene rings is 1. The van der Waals surface area contributed by atoms with Gasteiger partial charge < -0.3 is 10.5 Å². The molecule has 15 heavy (non-hydrogen) atoms. The molecule has 0 unspecified atom stereocenters. The fourth-order valence-corrected chi connectivity index (χ4v) is 1.95. The SMILES string of the molecule is COc1cc(N)cc(CSC(C)(C)C)c1. The number of rotatable bonds is 3. The Bertz CT molecular complexity index is 331. The molecule has 0 saturated heterocycles. The summed E-state index contributed by atoms with van der Waals surface area (Å²) < 4.78 is 5.45. The van der Waals surface area contributed by atoms with E-state index < -0.39 is 0 Å². The van der Waals surface area contributed by atoms with Crippen LogP contribution in [-0.4, -0.2) is 11.9 Å². The van der Waals surface area contributed by atoms with Crippen molar-refractivity contribution in [3.63, 3.8) is 0 Å². The summed E-state index contributed by atoms with van der Waals surface area (Å²) in [5.41, 5.74) is 7.76. The second-order valence-electron chi connectivity index (χ2n) is 4.52. The zero-order chi connectivity index (χ0) is 11.5. The third-order valence-electron chi connectivity index (χ3n) is 1.90. The van der Waals surface area contributed by atoms with Gasteiger partial charge in [0.25, 0.3) is 0 Å². The molecule has 0 saturated carbocycles. The third kappa shape index (κ3) is 4.47. The van der Waals surface area contributed by atoms with Gasteiger partial charge in [-0.25, -0.2) is 0 Å². The molecule has 0 amide bonds. The van der Waals surface area contributed by atoms with E-state index in [1.165, 1.54) is 5.56 Å². The van der Waals surface area contributed by atoms with Gasteiger partial charge in [-0.1, -0.05) is 20.8 Å². The number of nitrogen functional groups attached to an aromatic ring is 1. The van der Waals surface area contributed by atoms with E-state index in [-0.39, 0.29) is 4.75 Å². The summed E-state index contributed by atoms with van der Waals surface area (Å²) in [7, 11) is 1.66. The van der Waals surface area contributed by atoms with Crippen molar-refractivity contribution in [1.82, 2.24) is 0 Å². The van der Waals surface area contributed by atoms with Crippen LogP contribution in [0.3, 0.4) is 0 Å². The van der Waals surface area contributed by atoms with Gasteiger partial charge >= 0.3 is 0 Å². The predicted octanol–water partition coefficient (Wildman–Crippen LogP) is 3.31. The first-order valence-corrected chi connectivity index (χ1v) is 5.97. The Morgan fingerprint density at radius 1 is 1.27 bits per heavy atom. The standard InChI is InChI=1S/C12H19NOS/c1-12(2,3)15-8-9-5-10(13)7-11(6-9)14-4/h5-7H,8,13H2,1-4H3. The van der Waals surface area contributed by atoms with Gasteiger partial charge in [0, 0.05) is 22.3 Å². The lowest BCUT2D eigenvalue weighted by molar-refractivity contribution is 0.414. The van der Waals surface area contributed by atoms with Crippen molar-refractivity contribution >= 4 is 17.4 Å². The van der Waals surface area contributed by atoms with Gasteiger partial charge in [0.1, 0.15) is 5.75 Å². The smallest absolute Gasteiger partial charge is 0.121 e. The summed E-state index contributed by atoms with van der Waals surface area (Å²) in [5, 5.41) is 0. The summed E-state index contributed by atoms with van der Waals surface area (Å²) in [6.07, 6.45) is 0. The maximum atomic E-state index is 5.79. The fraction of sp³-hybridized carbons (Fsp3) is 0.500. The van der Waals surface area contributed by atoms with E-state index in [0.29, 0.717) is 0 Å². The van der Waals surface area contributed by atoms with Crippen LogP contribution in [0.25, 0.3) is 0 Å². The Kier molecular flexibility index (Phi) is 3.91. The molecule has 0 aliphatic carbocycles. The van der Waals surface area contributed by atoms with Crippen molar-refractivity contribution in [2.24, 2.45) is 0 Å². The van der Waals surface area contributed by atoms with E-state index in [2.05, 4.69) is 20.8 Å². The monoisotopic (exact) mass is 225 g/mol. The molecule has 0 atom stereocenters. The van der Waals surface area contributed by atoms with E-state index in [1.54, 1.807) is 7.11 Å². The first-order chi connectivity index (χ1) is 6.90. The van der Waals surface area contributed by atoms with E-state index in [1.807, 2.05) is 30.0 Å². The lowest BCUT2D eigenvalue weighted by atomic mass is 10.2. The van der Waals surface area contributed by atoms with E-state index in [4.69, 9.17) is 10.5 Å². The van der Waals surface area contributed by atoms with Crippen LogP contribution in [0, 0.1) is 0 Å². The first-order valence-electron chi connectivity index (χ1n) is 4.98. The normalized spacial score (nSPS) is 11.5. The van der Waals surface area contributed by atoms with Crippen molar-refractivity contribution in [3.05, 3.63) is 23.8 Å². The molecule has 0 bridgehead atoms. The van der Waals surface area contributed by atoms with Crippen LogP contribution >= 0.6 is 11.8 Å². The minimum Gasteiger partial charge on any atom is -0.497 e. The van der Waals surface area contributed by atoms with Crippen LogP contribution in [0.1, 0.15) is 26.3 Å². The van der Waals surface area contributed by atoms with Gasteiger partial charge in [-0.05, 0) is 17.7 Å². The minimum atomic E-state index is 0.276. The number of hydrogen-bond donors (Lipinski definition) is 1. The highest BCUT2D eigenvalue weighted by Gasteiger charge is 2.11. The molecule has 0 fully saturated rings. The molecule has 0 aliphatic heterocycles. The number of thioether (sulfide) groups is 1. The van der Waals surface area contributed by atoms with Crippen LogP contribution in [0.15, 0.2) is 18.2 Å². The van der Waals surface area contributed by atoms with Gasteiger partial charge in [0.2, 0.25) is 0 Å². The summed E-state index contributed by atoms with van der Waals surface area (Å²) in [6, 6.07) is 5.88. The summed E-state index contributed by atoms with van der Waals surface area (Å²) in [6.45, 7) is 6.63. The molecular weight excluding hydrogens is 206 g/mol. The van der Waals surface area contributed by atoms with Crippen LogP contribution in [-0.2, 0) is 5.75 Å². The number of nitrogens with two attached hydrogens (primary N) is 1. The average molecular weight is 225 g/mol. The number of anilines is 1. The molecule has 1 rings (SSSR count). The largest absolute Gasteiger partial charge is 0.497 e. The van der Waals surface area contributed by atoms with Crippen molar-refractivity contribution in [1.29, 1.82) is 0 Å². The quantitative estimate of drug-likeness (QED) is 0.802. The third-order valence-corrected chi connectivity index (χ3v) is 3.24. The second-order valence-corrected chi connectivity index (χ2v) is 6.32. The predicted molar refractivity (Wildman–Crippen MR) is 68.5 cm³/mol. The van der Waals surface area contributed by atoms with Crippen molar-refractivity contribution < 1.29 is 4.74 Å². The first kappa shape index (κ1) is 12.2. The lowest BCUT2D eigenvalue weighted by Crippen LogP contribution is -2.07. The Labute approximate surface area is 96.2 Å². The number of hydrogen-bond acceptors (Lipinski definition) is 3. The summed E-state index contributed by atoms with van der Waals surface area (Å²) >= 11 is 1.90. The van der Waals surface area contributed by atoms with E-state index in [9.17, 15) is 0 Å². The molecule has 3 heteroatoms. The number of ether oxygens (including phenoxy) is 1. The van der Waals surface area contributed by atoms with Gasteiger partial charge in [0.05, 0.1) is 7.11 Å². The van der Waals surface area contributed by atoms with Crippen molar-refractivity contribution in [2.45, 2.75) is 31.3 Å².